The highest BCUT2D eigenvalue weighted by Gasteiger charge is 2.21. The number of hydrogen-bond donors (Lipinski definition) is 3. The van der Waals surface area contributed by atoms with Crippen LogP contribution in [0.5, 0.6) is 0 Å². The fourth-order valence-electron chi connectivity index (χ4n) is 2.83. The zero-order valence-electron chi connectivity index (χ0n) is 15.8. The van der Waals surface area contributed by atoms with Crippen LogP contribution in [0.3, 0.4) is 0 Å². The van der Waals surface area contributed by atoms with Crippen molar-refractivity contribution in [1.82, 2.24) is 20.3 Å². The summed E-state index contributed by atoms with van der Waals surface area (Å²) in [6.07, 6.45) is 5.04. The van der Waals surface area contributed by atoms with E-state index in [-0.39, 0.29) is 12.2 Å². The first-order chi connectivity index (χ1) is 13.1. The van der Waals surface area contributed by atoms with Crippen LogP contribution in [0.25, 0.3) is 0 Å². The Morgan fingerprint density at radius 1 is 1.37 bits per heavy atom. The molecular formula is C19H29N5O2S. The zero-order valence-corrected chi connectivity index (χ0v) is 16.6. The predicted octanol–water partition coefficient (Wildman–Crippen LogP) is 1.44. The van der Waals surface area contributed by atoms with Crippen molar-refractivity contribution in [3.8, 4) is 0 Å². The third kappa shape index (κ3) is 8.47. The van der Waals surface area contributed by atoms with Gasteiger partial charge in [-0.2, -0.15) is 0 Å². The van der Waals surface area contributed by atoms with Gasteiger partial charge in [0.05, 0.1) is 24.4 Å². The normalized spacial score (nSPS) is 19.0. The largest absolute Gasteiger partial charge is 0.393 e. The molecule has 1 fully saturated rings. The van der Waals surface area contributed by atoms with Crippen LogP contribution in [0.1, 0.15) is 31.0 Å². The lowest BCUT2D eigenvalue weighted by Crippen LogP contribution is -2.32. The van der Waals surface area contributed by atoms with Crippen molar-refractivity contribution in [1.29, 1.82) is 0 Å². The first-order valence-electron chi connectivity index (χ1n) is 9.32. The van der Waals surface area contributed by atoms with E-state index < -0.39 is 0 Å². The lowest BCUT2D eigenvalue weighted by Gasteiger charge is -2.26. The molecule has 27 heavy (non-hydrogen) atoms. The standard InChI is InChI=1S/C16H21N3O2.C3H8N2S/c20-15-8-9-21-16(10-15)12-19-11-14(17-18-19)7-6-13-4-2-1-3-5-13;1-2-5-3(4)6/h1-5,11,15-16,20H,6-10,12H2;2H2,1H3,(H3,4,5,6). The molecule has 8 heteroatoms. The molecule has 1 aromatic heterocycles. The molecule has 0 spiro atoms. The van der Waals surface area contributed by atoms with Crippen molar-refractivity contribution in [3.63, 3.8) is 0 Å². The Bertz CT molecular complexity index is 680. The van der Waals surface area contributed by atoms with Gasteiger partial charge in [0, 0.05) is 25.8 Å². The van der Waals surface area contributed by atoms with Gasteiger partial charge in [-0.1, -0.05) is 35.5 Å². The Kier molecular flexibility index (Phi) is 9.17. The third-order valence-corrected chi connectivity index (χ3v) is 4.32. The van der Waals surface area contributed by atoms with Crippen molar-refractivity contribution in [2.75, 3.05) is 13.2 Å². The van der Waals surface area contributed by atoms with E-state index in [4.69, 9.17) is 10.5 Å². The number of thiocarbonyl (C=S) groups is 1. The van der Waals surface area contributed by atoms with E-state index >= 15 is 0 Å². The van der Waals surface area contributed by atoms with E-state index in [0.29, 0.717) is 24.7 Å². The summed E-state index contributed by atoms with van der Waals surface area (Å²) in [6.45, 7) is 4.05. The molecular weight excluding hydrogens is 362 g/mol. The van der Waals surface area contributed by atoms with Crippen LogP contribution in [0, 0.1) is 0 Å². The molecule has 4 N–H and O–H groups in total. The van der Waals surface area contributed by atoms with Crippen LogP contribution in [-0.4, -0.2) is 50.6 Å². The number of aliphatic hydroxyl groups excluding tert-OH is 1. The van der Waals surface area contributed by atoms with E-state index in [9.17, 15) is 5.11 Å². The Labute approximate surface area is 165 Å². The van der Waals surface area contributed by atoms with Gasteiger partial charge >= 0.3 is 0 Å². The summed E-state index contributed by atoms with van der Waals surface area (Å²) >= 11 is 4.46. The maximum Gasteiger partial charge on any atom is 0.163 e. The van der Waals surface area contributed by atoms with Gasteiger partial charge in [0.1, 0.15) is 0 Å². The minimum absolute atomic E-state index is 0.0393. The third-order valence-electron chi connectivity index (χ3n) is 4.18. The van der Waals surface area contributed by atoms with E-state index in [1.165, 1.54) is 5.56 Å². The smallest absolute Gasteiger partial charge is 0.163 e. The molecule has 0 aliphatic carbocycles. The van der Waals surface area contributed by atoms with E-state index in [0.717, 1.165) is 31.5 Å². The van der Waals surface area contributed by atoms with Crippen molar-refractivity contribution < 1.29 is 9.84 Å². The van der Waals surface area contributed by atoms with Gasteiger partial charge in [0.2, 0.25) is 0 Å². The number of rotatable bonds is 6. The topological polar surface area (TPSA) is 98.2 Å². The van der Waals surface area contributed by atoms with Crippen LogP contribution in [0.4, 0.5) is 0 Å². The number of benzene rings is 1. The van der Waals surface area contributed by atoms with Crippen LogP contribution in [-0.2, 0) is 24.1 Å². The quantitative estimate of drug-likeness (QED) is 0.641. The van der Waals surface area contributed by atoms with Crippen LogP contribution >= 0.6 is 12.2 Å². The molecule has 2 atom stereocenters. The lowest BCUT2D eigenvalue weighted by atomic mass is 10.1. The molecule has 1 saturated heterocycles. The Morgan fingerprint density at radius 2 is 2.15 bits per heavy atom. The van der Waals surface area contributed by atoms with Crippen molar-refractivity contribution in [3.05, 3.63) is 47.8 Å². The van der Waals surface area contributed by atoms with E-state index in [2.05, 4.69) is 52.1 Å². The van der Waals surface area contributed by atoms with Gasteiger partial charge in [-0.05, 0) is 44.0 Å². The summed E-state index contributed by atoms with van der Waals surface area (Å²) in [5.41, 5.74) is 7.33. The Balaban J connectivity index is 0.000000380. The number of nitrogens with two attached hydrogens (primary N) is 1. The Morgan fingerprint density at radius 3 is 2.78 bits per heavy atom. The minimum atomic E-state index is -0.246. The van der Waals surface area contributed by atoms with Crippen molar-refractivity contribution in [2.45, 2.75) is 51.4 Å². The molecule has 0 radical (unpaired) electrons. The Hall–Kier alpha value is -2.03. The monoisotopic (exact) mass is 391 g/mol. The molecule has 0 saturated carbocycles. The molecule has 1 aromatic carbocycles. The molecule has 1 aliphatic rings. The molecule has 148 valence electrons. The second-order valence-electron chi connectivity index (χ2n) is 6.48. The van der Waals surface area contributed by atoms with E-state index in [1.54, 1.807) is 0 Å². The number of aryl methyl sites for hydroxylation is 2. The summed E-state index contributed by atoms with van der Waals surface area (Å²) in [7, 11) is 0. The molecule has 2 unspecified atom stereocenters. The predicted molar refractivity (Wildman–Crippen MR) is 109 cm³/mol. The highest BCUT2D eigenvalue weighted by Crippen LogP contribution is 2.15. The highest BCUT2D eigenvalue weighted by molar-refractivity contribution is 7.80. The van der Waals surface area contributed by atoms with Crippen LogP contribution in [0.2, 0.25) is 0 Å². The fraction of sp³-hybridized carbons (Fsp3) is 0.526. The molecule has 0 amide bonds. The second kappa shape index (κ2) is 11.6. The summed E-state index contributed by atoms with van der Waals surface area (Å²) < 4.78 is 7.46. The van der Waals surface area contributed by atoms with Crippen molar-refractivity contribution in [2.24, 2.45) is 5.73 Å². The van der Waals surface area contributed by atoms with Gasteiger partial charge in [0.15, 0.2) is 5.11 Å². The number of hydrogen-bond acceptors (Lipinski definition) is 5. The summed E-state index contributed by atoms with van der Waals surface area (Å²) in [6, 6.07) is 10.4. The van der Waals surface area contributed by atoms with Gasteiger partial charge in [-0.15, -0.1) is 5.10 Å². The van der Waals surface area contributed by atoms with Crippen LogP contribution < -0.4 is 11.1 Å². The second-order valence-corrected chi connectivity index (χ2v) is 6.92. The maximum atomic E-state index is 9.65. The van der Waals surface area contributed by atoms with Crippen LogP contribution in [0.15, 0.2) is 36.5 Å². The number of ether oxygens (including phenoxy) is 1. The summed E-state index contributed by atoms with van der Waals surface area (Å²) in [4.78, 5) is 0. The number of aromatic nitrogens is 3. The molecule has 3 rings (SSSR count). The average Bonchev–Trinajstić information content (AvgIpc) is 3.09. The van der Waals surface area contributed by atoms with Gasteiger partial charge in [-0.3, -0.25) is 0 Å². The zero-order chi connectivity index (χ0) is 19.5. The SMILES string of the molecule is CCNC(N)=S.OC1CCOC(Cn2cc(CCc3ccccc3)nn2)C1. The highest BCUT2D eigenvalue weighted by atomic mass is 32.1. The van der Waals surface area contributed by atoms with Gasteiger partial charge in [-0.25, -0.2) is 4.68 Å². The molecule has 0 bridgehead atoms. The number of nitrogens with zero attached hydrogens (tertiary/aromatic N) is 3. The first-order valence-corrected chi connectivity index (χ1v) is 9.73. The van der Waals surface area contributed by atoms with E-state index in [1.807, 2.05) is 23.9 Å². The minimum Gasteiger partial charge on any atom is -0.393 e. The molecule has 7 nitrogen and oxygen atoms in total. The van der Waals surface area contributed by atoms with Crippen molar-refractivity contribution >= 4 is 17.3 Å². The average molecular weight is 392 g/mol. The lowest BCUT2D eigenvalue weighted by molar-refractivity contribution is -0.0512. The number of aliphatic hydroxyl groups is 1. The first kappa shape index (κ1) is 21.3. The molecule has 2 heterocycles. The summed E-state index contributed by atoms with van der Waals surface area (Å²) in [5, 5.41) is 21.1. The van der Waals surface area contributed by atoms with Gasteiger partial charge in [0.25, 0.3) is 0 Å². The number of nitrogens with one attached hydrogen (secondary N) is 1. The fourth-order valence-corrected chi connectivity index (χ4v) is 2.97. The maximum absolute atomic E-state index is 9.65. The molecule has 2 aromatic rings. The summed E-state index contributed by atoms with van der Waals surface area (Å²) in [5.74, 6) is 0. The van der Waals surface area contributed by atoms with Gasteiger partial charge < -0.3 is 20.9 Å². The molecule has 1 aliphatic heterocycles.